The summed E-state index contributed by atoms with van der Waals surface area (Å²) in [6.07, 6.45) is 7.58. The maximum Gasteiger partial charge on any atom is 0.326 e. The van der Waals surface area contributed by atoms with Crippen LogP contribution >= 0.6 is 0 Å². The Morgan fingerprint density at radius 2 is 1.41 bits per heavy atom. The first kappa shape index (κ1) is 29.0. The number of aliphatic hydroxyl groups excluding tert-OH is 1. The molecule has 0 radical (unpaired) electrons. The van der Waals surface area contributed by atoms with Crippen LogP contribution in [-0.4, -0.2) is 89.6 Å². The minimum absolute atomic E-state index is 0.0214. The first-order valence-corrected chi connectivity index (χ1v) is 12.7. The average Bonchev–Trinajstić information content (AvgIpc) is 3.74. The fourth-order valence-corrected chi connectivity index (χ4v) is 4.29. The highest BCUT2D eigenvalue weighted by Crippen LogP contribution is 2.19. The summed E-state index contributed by atoms with van der Waals surface area (Å²) in [4.78, 5) is 67.5. The molecule has 0 fully saturated rings. The molecule has 216 valence electrons. The van der Waals surface area contributed by atoms with Crippen LogP contribution in [0.25, 0.3) is 10.9 Å². The summed E-state index contributed by atoms with van der Waals surface area (Å²) >= 11 is 0. The van der Waals surface area contributed by atoms with E-state index in [2.05, 4.69) is 40.9 Å². The van der Waals surface area contributed by atoms with E-state index in [1.165, 1.54) is 25.0 Å². The van der Waals surface area contributed by atoms with Gasteiger partial charge in [-0.2, -0.15) is 0 Å². The normalized spacial score (nSPS) is 14.1. The number of carbonyl (C=O) groups excluding carboxylic acids is 3. The van der Waals surface area contributed by atoms with Crippen molar-refractivity contribution in [3.05, 3.63) is 72.5 Å². The molecule has 0 aliphatic carbocycles. The number of fused-ring (bicyclic) bond motifs is 1. The van der Waals surface area contributed by atoms with Crippen molar-refractivity contribution < 1.29 is 29.4 Å². The molecule has 0 saturated heterocycles. The lowest BCUT2D eigenvalue weighted by atomic mass is 10.0. The van der Waals surface area contributed by atoms with Crippen LogP contribution in [0.2, 0.25) is 0 Å². The fraction of sp³-hybridized carbons (Fsp3) is 0.308. The zero-order valence-electron chi connectivity index (χ0n) is 21.8. The largest absolute Gasteiger partial charge is 0.480 e. The van der Waals surface area contributed by atoms with Gasteiger partial charge in [0.25, 0.3) is 0 Å². The number of aliphatic carboxylic acids is 1. The van der Waals surface area contributed by atoms with Gasteiger partial charge >= 0.3 is 5.97 Å². The molecule has 15 nitrogen and oxygen atoms in total. The molecule has 3 heterocycles. The number of carboxylic acids is 1. The SMILES string of the molecule is NC(Cc1cnc[nH]1)C(=O)NC(Cc1cnc[nH]1)C(=O)NC(CO)C(=O)NC(Cc1c[nH]c2ccccc12)C(=O)O. The maximum atomic E-state index is 13.2. The summed E-state index contributed by atoms with van der Waals surface area (Å²) in [6.45, 7) is -0.818. The summed E-state index contributed by atoms with van der Waals surface area (Å²) in [5.74, 6) is -3.62. The third kappa shape index (κ3) is 7.55. The minimum Gasteiger partial charge on any atom is -0.480 e. The number of hydrogen-bond acceptors (Lipinski definition) is 8. The molecule has 10 N–H and O–H groups in total. The van der Waals surface area contributed by atoms with Crippen LogP contribution in [0, 0.1) is 0 Å². The number of nitrogens with zero attached hydrogens (tertiary/aromatic N) is 2. The molecule has 41 heavy (non-hydrogen) atoms. The molecule has 15 heteroatoms. The number of carboxylic acid groups (broad SMARTS) is 1. The number of hydrogen-bond donors (Lipinski definition) is 9. The Labute approximate surface area is 233 Å². The Kier molecular flexibility index (Phi) is 9.44. The average molecular weight is 566 g/mol. The van der Waals surface area contributed by atoms with Gasteiger partial charge in [0, 0.05) is 60.1 Å². The Hall–Kier alpha value is -5.02. The second-order valence-corrected chi connectivity index (χ2v) is 9.44. The zero-order valence-corrected chi connectivity index (χ0v) is 21.8. The molecule has 0 spiro atoms. The zero-order chi connectivity index (χ0) is 29.4. The van der Waals surface area contributed by atoms with Gasteiger partial charge in [-0.05, 0) is 11.6 Å². The van der Waals surface area contributed by atoms with Gasteiger partial charge in [0.05, 0.1) is 25.3 Å². The standard InChI is InChI=1S/C26H31N9O6/c27-18(6-15-9-28-12-31-15)23(37)33-20(7-16-10-29-13-32-16)24(38)35-22(11-36)25(39)34-21(26(40)41)5-14-8-30-19-4-2-1-3-17(14)19/h1-4,8-10,12-13,18,20-22,30,36H,5-7,11,27H2,(H,28,31)(H,29,32)(H,33,37)(H,34,39)(H,35,38)(H,40,41). The van der Waals surface area contributed by atoms with E-state index in [1.807, 2.05) is 24.3 Å². The van der Waals surface area contributed by atoms with E-state index in [4.69, 9.17) is 5.73 Å². The number of imidazole rings is 2. The van der Waals surface area contributed by atoms with Gasteiger partial charge in [-0.1, -0.05) is 18.2 Å². The predicted octanol–water partition coefficient (Wildman–Crippen LogP) is -1.50. The van der Waals surface area contributed by atoms with E-state index in [9.17, 15) is 29.4 Å². The van der Waals surface area contributed by atoms with Crippen LogP contribution in [0.3, 0.4) is 0 Å². The van der Waals surface area contributed by atoms with E-state index in [0.29, 0.717) is 17.0 Å². The Bertz CT molecular complexity index is 1470. The lowest BCUT2D eigenvalue weighted by molar-refractivity contribution is -0.142. The van der Waals surface area contributed by atoms with E-state index >= 15 is 0 Å². The number of carbonyl (C=O) groups is 4. The third-order valence-electron chi connectivity index (χ3n) is 6.47. The van der Waals surface area contributed by atoms with Crippen LogP contribution in [0.4, 0.5) is 0 Å². The van der Waals surface area contributed by atoms with E-state index < -0.39 is 54.5 Å². The monoisotopic (exact) mass is 565 g/mol. The number of aliphatic hydroxyl groups is 1. The molecule has 3 amide bonds. The number of rotatable bonds is 14. The lowest BCUT2D eigenvalue weighted by Gasteiger charge is -2.24. The van der Waals surface area contributed by atoms with E-state index in [0.717, 1.165) is 10.9 Å². The quantitative estimate of drug-likeness (QED) is 0.0862. The number of aromatic amines is 3. The molecule has 0 bridgehead atoms. The van der Waals surface area contributed by atoms with Gasteiger partial charge in [-0.25, -0.2) is 14.8 Å². The van der Waals surface area contributed by atoms with Crippen molar-refractivity contribution in [3.63, 3.8) is 0 Å². The van der Waals surface area contributed by atoms with Crippen LogP contribution in [-0.2, 0) is 38.4 Å². The number of benzene rings is 1. The minimum atomic E-state index is -1.49. The molecule has 4 atom stereocenters. The topological polar surface area (TPSA) is 244 Å². The highest BCUT2D eigenvalue weighted by molar-refractivity contribution is 5.94. The summed E-state index contributed by atoms with van der Waals surface area (Å²) in [6, 6.07) is 2.28. The first-order valence-electron chi connectivity index (χ1n) is 12.7. The van der Waals surface area contributed by atoms with Gasteiger partial charge in [0.1, 0.15) is 18.1 Å². The molecular formula is C26H31N9O6. The van der Waals surface area contributed by atoms with Crippen molar-refractivity contribution >= 4 is 34.6 Å². The Morgan fingerprint density at radius 3 is 2.05 bits per heavy atom. The molecule has 3 aromatic heterocycles. The summed E-state index contributed by atoms with van der Waals surface area (Å²) in [5, 5.41) is 27.8. The number of nitrogens with one attached hydrogen (secondary N) is 6. The second kappa shape index (κ2) is 13.4. The van der Waals surface area contributed by atoms with Crippen molar-refractivity contribution in [2.75, 3.05) is 6.61 Å². The molecule has 0 aliphatic heterocycles. The van der Waals surface area contributed by atoms with E-state index in [1.54, 1.807) is 6.20 Å². The smallest absolute Gasteiger partial charge is 0.326 e. The number of nitrogens with two attached hydrogens (primary N) is 1. The second-order valence-electron chi connectivity index (χ2n) is 9.44. The molecule has 4 unspecified atom stereocenters. The van der Waals surface area contributed by atoms with Crippen LogP contribution < -0.4 is 21.7 Å². The van der Waals surface area contributed by atoms with Crippen molar-refractivity contribution in [2.45, 2.75) is 43.4 Å². The maximum absolute atomic E-state index is 13.2. The molecule has 4 aromatic rings. The van der Waals surface area contributed by atoms with Gasteiger partial charge in [0.15, 0.2) is 0 Å². The van der Waals surface area contributed by atoms with E-state index in [-0.39, 0.29) is 19.3 Å². The first-order chi connectivity index (χ1) is 19.7. The number of amides is 3. The molecule has 0 aliphatic rings. The molecular weight excluding hydrogens is 534 g/mol. The summed E-state index contributed by atoms with van der Waals surface area (Å²) in [5.41, 5.74) is 8.63. The number of aromatic nitrogens is 5. The number of para-hydroxylation sites is 1. The van der Waals surface area contributed by atoms with Crippen molar-refractivity contribution in [1.82, 2.24) is 40.9 Å². The van der Waals surface area contributed by atoms with Gasteiger partial charge in [-0.3, -0.25) is 14.4 Å². The summed E-state index contributed by atoms with van der Waals surface area (Å²) in [7, 11) is 0. The third-order valence-corrected chi connectivity index (χ3v) is 6.47. The predicted molar refractivity (Wildman–Crippen MR) is 145 cm³/mol. The molecule has 1 aromatic carbocycles. The van der Waals surface area contributed by atoms with Crippen molar-refractivity contribution in [3.8, 4) is 0 Å². The van der Waals surface area contributed by atoms with Crippen LogP contribution in [0.5, 0.6) is 0 Å². The van der Waals surface area contributed by atoms with Gasteiger partial charge in [-0.15, -0.1) is 0 Å². The van der Waals surface area contributed by atoms with Crippen molar-refractivity contribution in [1.29, 1.82) is 0 Å². The van der Waals surface area contributed by atoms with Gasteiger partial charge in [0.2, 0.25) is 17.7 Å². The van der Waals surface area contributed by atoms with Gasteiger partial charge < -0.3 is 46.8 Å². The fourth-order valence-electron chi connectivity index (χ4n) is 4.29. The number of H-pyrrole nitrogens is 3. The van der Waals surface area contributed by atoms with Crippen LogP contribution in [0.1, 0.15) is 17.0 Å². The van der Waals surface area contributed by atoms with Crippen molar-refractivity contribution in [2.24, 2.45) is 5.73 Å². The lowest BCUT2D eigenvalue weighted by Crippen LogP contribution is -2.58. The molecule has 0 saturated carbocycles. The Morgan fingerprint density at radius 1 is 0.805 bits per heavy atom. The van der Waals surface area contributed by atoms with Crippen LogP contribution in [0.15, 0.2) is 55.5 Å². The molecule has 4 rings (SSSR count). The highest BCUT2D eigenvalue weighted by atomic mass is 16.4. The Balaban J connectivity index is 1.42. The highest BCUT2D eigenvalue weighted by Gasteiger charge is 2.31. The summed E-state index contributed by atoms with van der Waals surface area (Å²) < 4.78 is 0.